The van der Waals surface area contributed by atoms with E-state index in [2.05, 4.69) is 10.2 Å². The number of carboxylic acids is 1. The van der Waals surface area contributed by atoms with Crippen molar-refractivity contribution in [2.24, 2.45) is 0 Å². The molecule has 2 fully saturated rings. The van der Waals surface area contributed by atoms with Crippen LogP contribution >= 0.6 is 0 Å². The molecule has 0 radical (unpaired) electrons. The predicted octanol–water partition coefficient (Wildman–Crippen LogP) is 0.221. The number of carbonyl (C=O) groups excluding carboxylic acids is 1. The highest BCUT2D eigenvalue weighted by Crippen LogP contribution is 2.21. The number of hydrogen-bond acceptors (Lipinski definition) is 4. The average Bonchev–Trinajstić information content (AvgIpc) is 2.62. The lowest BCUT2D eigenvalue weighted by atomic mass is 10.0. The largest absolute Gasteiger partial charge is 0.480 e. The second kappa shape index (κ2) is 6.86. The average molecular weight is 270 g/mol. The van der Waals surface area contributed by atoms with Gasteiger partial charge >= 0.3 is 5.97 Å². The first-order chi connectivity index (χ1) is 9.15. The van der Waals surface area contributed by atoms with Crippen LogP contribution in [-0.4, -0.2) is 60.3 Å². The zero-order valence-electron chi connectivity index (χ0n) is 11.1. The van der Waals surface area contributed by atoms with Gasteiger partial charge in [-0.05, 0) is 25.7 Å². The van der Waals surface area contributed by atoms with Gasteiger partial charge in [-0.15, -0.1) is 0 Å². The summed E-state index contributed by atoms with van der Waals surface area (Å²) in [5.41, 5.74) is 0. The summed E-state index contributed by atoms with van der Waals surface area (Å²) in [6, 6.07) is 0.336. The normalized spacial score (nSPS) is 26.7. The third-order valence-electron chi connectivity index (χ3n) is 3.89. The fourth-order valence-electron chi connectivity index (χ4n) is 2.86. The second-order valence-electron chi connectivity index (χ2n) is 5.29. The molecule has 0 saturated carbocycles. The molecule has 1 atom stereocenters. The molecule has 0 bridgehead atoms. The maximum Gasteiger partial charge on any atom is 0.329 e. The van der Waals surface area contributed by atoms with Crippen LogP contribution in [0.15, 0.2) is 0 Å². The molecule has 2 saturated heterocycles. The maximum absolute atomic E-state index is 11.6. The summed E-state index contributed by atoms with van der Waals surface area (Å²) in [6.07, 6.45) is 4.43. The molecule has 19 heavy (non-hydrogen) atoms. The molecule has 2 aliphatic heterocycles. The number of piperidine rings is 1. The Morgan fingerprint density at radius 2 is 2.11 bits per heavy atom. The van der Waals surface area contributed by atoms with Crippen LogP contribution in [-0.2, 0) is 14.3 Å². The molecule has 0 aliphatic carbocycles. The van der Waals surface area contributed by atoms with Crippen LogP contribution < -0.4 is 5.32 Å². The Hall–Kier alpha value is -1.14. The van der Waals surface area contributed by atoms with Gasteiger partial charge in [0.15, 0.2) is 0 Å². The molecule has 2 rings (SSSR count). The molecule has 2 aliphatic rings. The zero-order chi connectivity index (χ0) is 13.7. The molecule has 108 valence electrons. The number of ether oxygens (including phenoxy) is 1. The molecule has 2 N–H and O–H groups in total. The van der Waals surface area contributed by atoms with Crippen LogP contribution in [0.2, 0.25) is 0 Å². The van der Waals surface area contributed by atoms with Crippen molar-refractivity contribution in [1.82, 2.24) is 10.2 Å². The van der Waals surface area contributed by atoms with Crippen LogP contribution in [0.4, 0.5) is 0 Å². The summed E-state index contributed by atoms with van der Waals surface area (Å²) in [7, 11) is 0. The molecule has 1 unspecified atom stereocenters. The highest BCUT2D eigenvalue weighted by molar-refractivity contribution is 5.76. The van der Waals surface area contributed by atoms with Gasteiger partial charge in [-0.3, -0.25) is 9.69 Å². The van der Waals surface area contributed by atoms with E-state index in [4.69, 9.17) is 9.84 Å². The Balaban J connectivity index is 1.75. The number of aliphatic carboxylic acids is 1. The second-order valence-corrected chi connectivity index (χ2v) is 5.29. The van der Waals surface area contributed by atoms with Gasteiger partial charge in [0.2, 0.25) is 5.91 Å². The molecular formula is C13H22N2O4. The van der Waals surface area contributed by atoms with Crippen LogP contribution in [0.25, 0.3) is 0 Å². The van der Waals surface area contributed by atoms with Gasteiger partial charge in [0.05, 0.1) is 6.10 Å². The number of nitrogens with zero attached hydrogens (tertiary/aromatic N) is 1. The molecule has 2 heterocycles. The summed E-state index contributed by atoms with van der Waals surface area (Å²) in [5, 5.41) is 11.5. The lowest BCUT2D eigenvalue weighted by molar-refractivity contribution is -0.145. The van der Waals surface area contributed by atoms with E-state index in [1.54, 1.807) is 0 Å². The highest BCUT2D eigenvalue weighted by atomic mass is 16.5. The van der Waals surface area contributed by atoms with E-state index in [-0.39, 0.29) is 18.6 Å². The van der Waals surface area contributed by atoms with Crippen LogP contribution in [0.5, 0.6) is 0 Å². The van der Waals surface area contributed by atoms with Crippen molar-refractivity contribution in [2.45, 2.75) is 44.2 Å². The van der Waals surface area contributed by atoms with E-state index in [0.29, 0.717) is 12.5 Å². The number of carboxylic acid groups (broad SMARTS) is 1. The van der Waals surface area contributed by atoms with Gasteiger partial charge in [-0.2, -0.15) is 0 Å². The fraction of sp³-hybridized carbons (Fsp3) is 0.846. The Morgan fingerprint density at radius 1 is 1.37 bits per heavy atom. The molecule has 0 aromatic heterocycles. The number of rotatable bonds is 4. The third kappa shape index (κ3) is 4.47. The number of nitrogens with one attached hydrogen (secondary N) is 1. The van der Waals surface area contributed by atoms with E-state index in [9.17, 15) is 9.59 Å². The van der Waals surface area contributed by atoms with Gasteiger partial charge in [0.25, 0.3) is 0 Å². The van der Waals surface area contributed by atoms with Crippen molar-refractivity contribution >= 4 is 11.9 Å². The van der Waals surface area contributed by atoms with Gasteiger partial charge in [-0.25, -0.2) is 4.79 Å². The van der Waals surface area contributed by atoms with Crippen molar-refractivity contribution in [2.75, 3.05) is 26.2 Å². The highest BCUT2D eigenvalue weighted by Gasteiger charge is 2.28. The standard InChI is InChI=1S/C13H22N2O4/c16-12-8-10(2-1-5-14-12)15-6-3-11(4-7-15)19-9-13(17)18/h10-11H,1-9H2,(H,14,16)(H,17,18). The molecule has 0 aromatic carbocycles. The summed E-state index contributed by atoms with van der Waals surface area (Å²) >= 11 is 0. The maximum atomic E-state index is 11.6. The topological polar surface area (TPSA) is 78.9 Å². The van der Waals surface area contributed by atoms with Gasteiger partial charge in [-0.1, -0.05) is 0 Å². The first-order valence-electron chi connectivity index (χ1n) is 6.99. The first-order valence-corrected chi connectivity index (χ1v) is 6.99. The van der Waals surface area contributed by atoms with Crippen molar-refractivity contribution < 1.29 is 19.4 Å². The fourth-order valence-corrected chi connectivity index (χ4v) is 2.86. The first kappa shape index (κ1) is 14.3. The van der Waals surface area contributed by atoms with Crippen molar-refractivity contribution in [3.05, 3.63) is 0 Å². The third-order valence-corrected chi connectivity index (χ3v) is 3.89. The SMILES string of the molecule is O=C(O)COC1CCN(C2CCCNC(=O)C2)CC1. The van der Waals surface area contributed by atoms with E-state index in [0.717, 1.165) is 45.3 Å². The Kier molecular flexibility index (Phi) is 5.15. The Bertz CT molecular complexity index is 327. The molecule has 6 heteroatoms. The molecule has 0 aromatic rings. The number of likely N-dealkylation sites (tertiary alicyclic amines) is 1. The van der Waals surface area contributed by atoms with Crippen LogP contribution in [0, 0.1) is 0 Å². The van der Waals surface area contributed by atoms with E-state index in [1.807, 2.05) is 0 Å². The quantitative estimate of drug-likeness (QED) is 0.764. The lowest BCUT2D eigenvalue weighted by Crippen LogP contribution is -2.44. The predicted molar refractivity (Wildman–Crippen MR) is 68.8 cm³/mol. The van der Waals surface area contributed by atoms with E-state index in [1.165, 1.54) is 0 Å². The summed E-state index contributed by atoms with van der Waals surface area (Å²) < 4.78 is 5.32. The van der Waals surface area contributed by atoms with Gasteiger partial charge in [0, 0.05) is 32.1 Å². The van der Waals surface area contributed by atoms with E-state index < -0.39 is 5.97 Å². The van der Waals surface area contributed by atoms with Gasteiger partial charge < -0.3 is 15.2 Å². The Labute approximate surface area is 113 Å². The van der Waals surface area contributed by atoms with Gasteiger partial charge in [0.1, 0.15) is 6.61 Å². The molecular weight excluding hydrogens is 248 g/mol. The number of hydrogen-bond donors (Lipinski definition) is 2. The summed E-state index contributed by atoms with van der Waals surface area (Å²) in [5.74, 6) is -0.769. The lowest BCUT2D eigenvalue weighted by Gasteiger charge is -2.36. The number of amides is 1. The van der Waals surface area contributed by atoms with Crippen LogP contribution in [0.1, 0.15) is 32.1 Å². The smallest absolute Gasteiger partial charge is 0.329 e. The zero-order valence-corrected chi connectivity index (χ0v) is 11.1. The van der Waals surface area contributed by atoms with Crippen molar-refractivity contribution in [1.29, 1.82) is 0 Å². The summed E-state index contributed by atoms with van der Waals surface area (Å²) in [6.45, 7) is 2.36. The monoisotopic (exact) mass is 270 g/mol. The van der Waals surface area contributed by atoms with Crippen LogP contribution in [0.3, 0.4) is 0 Å². The molecule has 6 nitrogen and oxygen atoms in total. The molecule has 0 spiro atoms. The Morgan fingerprint density at radius 3 is 2.79 bits per heavy atom. The molecule has 1 amide bonds. The van der Waals surface area contributed by atoms with Crippen molar-refractivity contribution in [3.8, 4) is 0 Å². The minimum absolute atomic E-state index is 0.0481. The van der Waals surface area contributed by atoms with E-state index >= 15 is 0 Å². The number of carbonyl (C=O) groups is 2. The minimum atomic E-state index is -0.914. The minimum Gasteiger partial charge on any atom is -0.480 e. The summed E-state index contributed by atoms with van der Waals surface area (Å²) in [4.78, 5) is 24.4. The van der Waals surface area contributed by atoms with Crippen molar-refractivity contribution in [3.63, 3.8) is 0 Å².